The highest BCUT2D eigenvalue weighted by molar-refractivity contribution is 7.98. The maximum Gasteiger partial charge on any atom is 0.338 e. The number of nitrogen functional groups attached to an aromatic ring is 1. The van der Waals surface area contributed by atoms with Crippen LogP contribution in [0.1, 0.15) is 10.4 Å². The third kappa shape index (κ3) is 3.03. The standard InChI is InChI=1S/C14H13FN2O2S/c1-20-9-4-2-3-8(5-9)17-13-7-11(15)10(14(18)19)6-12(13)16/h2-7,17H,16H2,1H3,(H,18,19). The van der Waals surface area contributed by atoms with E-state index < -0.39 is 17.3 Å². The van der Waals surface area contributed by atoms with Gasteiger partial charge in [0, 0.05) is 16.6 Å². The molecule has 0 amide bonds. The van der Waals surface area contributed by atoms with E-state index in [4.69, 9.17) is 10.8 Å². The van der Waals surface area contributed by atoms with E-state index in [1.54, 1.807) is 11.8 Å². The first-order valence-corrected chi connectivity index (χ1v) is 6.97. The van der Waals surface area contributed by atoms with Crippen molar-refractivity contribution >= 4 is 34.8 Å². The number of hydrogen-bond donors (Lipinski definition) is 3. The molecule has 0 aliphatic heterocycles. The van der Waals surface area contributed by atoms with Crippen LogP contribution in [0.15, 0.2) is 41.3 Å². The molecule has 0 fully saturated rings. The van der Waals surface area contributed by atoms with Crippen molar-refractivity contribution < 1.29 is 14.3 Å². The first-order valence-electron chi connectivity index (χ1n) is 5.74. The Balaban J connectivity index is 2.34. The Hall–Kier alpha value is -2.21. The van der Waals surface area contributed by atoms with Gasteiger partial charge in [0.05, 0.1) is 16.9 Å². The lowest BCUT2D eigenvalue weighted by atomic mass is 10.1. The van der Waals surface area contributed by atoms with Crippen LogP contribution in [0, 0.1) is 5.82 Å². The van der Waals surface area contributed by atoms with Crippen molar-refractivity contribution in [3.63, 3.8) is 0 Å². The monoisotopic (exact) mass is 292 g/mol. The second-order valence-electron chi connectivity index (χ2n) is 4.08. The fourth-order valence-electron chi connectivity index (χ4n) is 1.72. The number of thioether (sulfide) groups is 1. The van der Waals surface area contributed by atoms with E-state index in [0.717, 1.165) is 22.7 Å². The summed E-state index contributed by atoms with van der Waals surface area (Å²) < 4.78 is 13.6. The fourth-order valence-corrected chi connectivity index (χ4v) is 2.18. The molecule has 0 aliphatic rings. The SMILES string of the molecule is CSc1cccc(Nc2cc(F)c(C(=O)O)cc2N)c1. The summed E-state index contributed by atoms with van der Waals surface area (Å²) in [7, 11) is 0. The minimum absolute atomic E-state index is 0.179. The molecular weight excluding hydrogens is 279 g/mol. The van der Waals surface area contributed by atoms with Gasteiger partial charge in [0.25, 0.3) is 0 Å². The Bertz CT molecular complexity index is 662. The number of halogens is 1. The lowest BCUT2D eigenvalue weighted by Crippen LogP contribution is -2.05. The average Bonchev–Trinajstić information content (AvgIpc) is 2.42. The Morgan fingerprint density at radius 3 is 2.75 bits per heavy atom. The maximum absolute atomic E-state index is 13.6. The smallest absolute Gasteiger partial charge is 0.338 e. The van der Waals surface area contributed by atoms with E-state index in [-0.39, 0.29) is 5.69 Å². The number of benzene rings is 2. The number of rotatable bonds is 4. The first kappa shape index (κ1) is 14.2. The van der Waals surface area contributed by atoms with Crippen molar-refractivity contribution in [2.75, 3.05) is 17.3 Å². The van der Waals surface area contributed by atoms with Crippen LogP contribution in [-0.2, 0) is 0 Å². The molecular formula is C14H13FN2O2S. The second-order valence-corrected chi connectivity index (χ2v) is 4.96. The number of carbonyl (C=O) groups is 1. The number of anilines is 3. The molecule has 0 radical (unpaired) electrons. The molecule has 4 N–H and O–H groups in total. The minimum Gasteiger partial charge on any atom is -0.478 e. The van der Waals surface area contributed by atoms with Gasteiger partial charge in [-0.1, -0.05) is 6.07 Å². The van der Waals surface area contributed by atoms with E-state index in [1.165, 1.54) is 0 Å². The quantitative estimate of drug-likeness (QED) is 0.593. The van der Waals surface area contributed by atoms with Crippen LogP contribution in [0.25, 0.3) is 0 Å². The van der Waals surface area contributed by atoms with Gasteiger partial charge in [-0.15, -0.1) is 11.8 Å². The van der Waals surface area contributed by atoms with Gasteiger partial charge in [0.2, 0.25) is 0 Å². The van der Waals surface area contributed by atoms with Crippen molar-refractivity contribution in [2.45, 2.75) is 4.90 Å². The van der Waals surface area contributed by atoms with Crippen LogP contribution in [0.3, 0.4) is 0 Å². The lowest BCUT2D eigenvalue weighted by Gasteiger charge is -2.11. The van der Waals surface area contributed by atoms with Crippen molar-refractivity contribution in [2.24, 2.45) is 0 Å². The largest absolute Gasteiger partial charge is 0.478 e. The molecule has 6 heteroatoms. The summed E-state index contributed by atoms with van der Waals surface area (Å²) >= 11 is 1.58. The zero-order chi connectivity index (χ0) is 14.7. The highest BCUT2D eigenvalue weighted by Gasteiger charge is 2.13. The third-order valence-electron chi connectivity index (χ3n) is 2.72. The van der Waals surface area contributed by atoms with E-state index in [2.05, 4.69) is 5.32 Å². The molecule has 2 aromatic rings. The molecule has 0 aliphatic carbocycles. The molecule has 0 bridgehead atoms. The predicted molar refractivity (Wildman–Crippen MR) is 79.3 cm³/mol. The van der Waals surface area contributed by atoms with Crippen LogP contribution >= 0.6 is 11.8 Å². The molecule has 4 nitrogen and oxygen atoms in total. The number of aromatic carboxylic acids is 1. The Labute approximate surface area is 119 Å². The zero-order valence-electron chi connectivity index (χ0n) is 10.7. The summed E-state index contributed by atoms with van der Waals surface area (Å²) in [5.74, 6) is -2.17. The van der Waals surface area contributed by atoms with Crippen molar-refractivity contribution in [1.29, 1.82) is 0 Å². The van der Waals surface area contributed by atoms with Crippen LogP contribution in [0.5, 0.6) is 0 Å². The van der Waals surface area contributed by atoms with Gasteiger partial charge in [0.1, 0.15) is 5.82 Å². The van der Waals surface area contributed by atoms with E-state index in [9.17, 15) is 9.18 Å². The van der Waals surface area contributed by atoms with Crippen LogP contribution in [0.4, 0.5) is 21.5 Å². The van der Waals surface area contributed by atoms with Gasteiger partial charge < -0.3 is 16.2 Å². The van der Waals surface area contributed by atoms with E-state index in [0.29, 0.717) is 5.69 Å². The van der Waals surface area contributed by atoms with E-state index >= 15 is 0 Å². The third-order valence-corrected chi connectivity index (χ3v) is 3.44. The number of nitrogens with two attached hydrogens (primary N) is 1. The van der Waals surface area contributed by atoms with Gasteiger partial charge >= 0.3 is 5.97 Å². The second kappa shape index (κ2) is 5.83. The highest BCUT2D eigenvalue weighted by Crippen LogP contribution is 2.28. The Kier molecular flexibility index (Phi) is 4.14. The molecule has 0 saturated heterocycles. The van der Waals surface area contributed by atoms with Crippen molar-refractivity contribution in [3.8, 4) is 0 Å². The molecule has 0 aromatic heterocycles. The summed E-state index contributed by atoms with van der Waals surface area (Å²) in [6, 6.07) is 9.73. The normalized spacial score (nSPS) is 10.3. The van der Waals surface area contributed by atoms with Crippen molar-refractivity contribution in [3.05, 3.63) is 47.8 Å². The summed E-state index contributed by atoms with van der Waals surface area (Å²) in [5, 5.41) is 11.8. The molecule has 0 spiro atoms. The van der Waals surface area contributed by atoms with E-state index in [1.807, 2.05) is 30.5 Å². The highest BCUT2D eigenvalue weighted by atomic mass is 32.2. The van der Waals surface area contributed by atoms with Crippen LogP contribution in [-0.4, -0.2) is 17.3 Å². The molecule has 20 heavy (non-hydrogen) atoms. The zero-order valence-corrected chi connectivity index (χ0v) is 11.5. The van der Waals surface area contributed by atoms with Gasteiger partial charge in [-0.3, -0.25) is 0 Å². The molecule has 0 saturated carbocycles. The summed E-state index contributed by atoms with van der Waals surface area (Å²) in [6.45, 7) is 0. The number of nitrogens with one attached hydrogen (secondary N) is 1. The molecule has 0 unspecified atom stereocenters. The van der Waals surface area contributed by atoms with Crippen LogP contribution in [0.2, 0.25) is 0 Å². The molecule has 0 heterocycles. The minimum atomic E-state index is -1.34. The van der Waals surface area contributed by atoms with Gasteiger partial charge in [-0.25, -0.2) is 9.18 Å². The van der Waals surface area contributed by atoms with Gasteiger partial charge in [0.15, 0.2) is 0 Å². The molecule has 0 atom stereocenters. The Morgan fingerprint density at radius 2 is 2.10 bits per heavy atom. The lowest BCUT2D eigenvalue weighted by molar-refractivity contribution is 0.0692. The van der Waals surface area contributed by atoms with Gasteiger partial charge in [-0.05, 0) is 30.5 Å². The fraction of sp³-hybridized carbons (Fsp3) is 0.0714. The van der Waals surface area contributed by atoms with Crippen LogP contribution < -0.4 is 11.1 Å². The summed E-state index contributed by atoms with van der Waals surface area (Å²) in [6.07, 6.45) is 1.95. The predicted octanol–water partition coefficient (Wildman–Crippen LogP) is 3.57. The van der Waals surface area contributed by atoms with Gasteiger partial charge in [-0.2, -0.15) is 0 Å². The summed E-state index contributed by atoms with van der Waals surface area (Å²) in [4.78, 5) is 11.9. The summed E-state index contributed by atoms with van der Waals surface area (Å²) in [5.41, 5.74) is 6.58. The number of carboxylic acids is 1. The Morgan fingerprint density at radius 1 is 1.35 bits per heavy atom. The van der Waals surface area contributed by atoms with Crippen molar-refractivity contribution in [1.82, 2.24) is 0 Å². The number of carboxylic acid groups (broad SMARTS) is 1. The maximum atomic E-state index is 13.6. The molecule has 104 valence electrons. The topological polar surface area (TPSA) is 75.3 Å². The molecule has 2 aromatic carbocycles. The first-order chi connectivity index (χ1) is 9.51. The number of hydrogen-bond acceptors (Lipinski definition) is 4. The molecule has 2 rings (SSSR count). The average molecular weight is 292 g/mol.